The van der Waals surface area contributed by atoms with E-state index in [1.165, 1.54) is 0 Å². The zero-order chi connectivity index (χ0) is 18.3. The Morgan fingerprint density at radius 1 is 0.846 bits per heavy atom. The smallest absolute Gasteiger partial charge is 0.135 e. The molecule has 0 bridgehead atoms. The number of hydrogen-bond donors (Lipinski definition) is 5. The maximum absolute atomic E-state index is 7.53. The Kier molecular flexibility index (Phi) is 3.58. The Hall–Kier alpha value is -3.80. The molecule has 128 valence electrons. The van der Waals surface area contributed by atoms with Crippen LogP contribution in [0.4, 0.5) is 0 Å². The summed E-state index contributed by atoms with van der Waals surface area (Å²) < 4.78 is 5.81. The summed E-state index contributed by atoms with van der Waals surface area (Å²) in [4.78, 5) is 3.31. The number of aromatic amines is 1. The van der Waals surface area contributed by atoms with Gasteiger partial charge in [-0.05, 0) is 48.6 Å². The molecule has 0 saturated heterocycles. The van der Waals surface area contributed by atoms with Gasteiger partial charge in [0.1, 0.15) is 23.0 Å². The first-order chi connectivity index (χ1) is 12.5. The second-order valence-electron chi connectivity index (χ2n) is 6.09. The first kappa shape index (κ1) is 15.7. The van der Waals surface area contributed by atoms with Crippen LogP contribution in [0.1, 0.15) is 22.6 Å². The van der Waals surface area contributed by atoms with Gasteiger partial charge in [-0.25, -0.2) is 0 Å². The molecule has 0 radical (unpaired) electrons. The van der Waals surface area contributed by atoms with Gasteiger partial charge in [0.15, 0.2) is 0 Å². The summed E-state index contributed by atoms with van der Waals surface area (Å²) in [5, 5.41) is 17.0. The van der Waals surface area contributed by atoms with Crippen LogP contribution in [-0.2, 0) is 0 Å². The monoisotopic (exact) mass is 343 g/mol. The van der Waals surface area contributed by atoms with E-state index in [0.29, 0.717) is 22.5 Å². The topological polar surface area (TPSA) is 129 Å². The molecule has 26 heavy (non-hydrogen) atoms. The molecule has 2 aromatic carbocycles. The van der Waals surface area contributed by atoms with Crippen molar-refractivity contribution in [1.29, 1.82) is 10.8 Å². The average molecular weight is 343 g/mol. The predicted molar refractivity (Wildman–Crippen MR) is 105 cm³/mol. The van der Waals surface area contributed by atoms with E-state index in [1.807, 2.05) is 48.6 Å². The van der Waals surface area contributed by atoms with Crippen molar-refractivity contribution in [2.75, 3.05) is 0 Å². The molecule has 0 aliphatic heterocycles. The van der Waals surface area contributed by atoms with Gasteiger partial charge in [-0.3, -0.25) is 10.8 Å². The summed E-state index contributed by atoms with van der Waals surface area (Å²) in [7, 11) is 0. The van der Waals surface area contributed by atoms with E-state index in [4.69, 9.17) is 26.7 Å². The first-order valence-electron chi connectivity index (χ1n) is 8.03. The van der Waals surface area contributed by atoms with E-state index in [9.17, 15) is 0 Å². The third-order valence-electron chi connectivity index (χ3n) is 4.23. The number of fused-ring (bicyclic) bond motifs is 2. The number of nitrogens with two attached hydrogens (primary N) is 2. The molecule has 0 spiro atoms. The zero-order valence-corrected chi connectivity index (χ0v) is 13.8. The number of nitrogen functional groups attached to an aromatic ring is 2. The summed E-state index contributed by atoms with van der Waals surface area (Å²) in [5.41, 5.74) is 15.0. The molecule has 6 heteroatoms. The van der Waals surface area contributed by atoms with E-state index in [0.717, 1.165) is 22.0 Å². The van der Waals surface area contributed by atoms with Gasteiger partial charge in [-0.15, -0.1) is 0 Å². The quantitative estimate of drug-likeness (QED) is 0.286. The Morgan fingerprint density at radius 3 is 2.35 bits per heavy atom. The van der Waals surface area contributed by atoms with Crippen LogP contribution in [0.3, 0.4) is 0 Å². The van der Waals surface area contributed by atoms with Crippen molar-refractivity contribution in [2.45, 2.75) is 0 Å². The lowest BCUT2D eigenvalue weighted by Gasteiger charge is -1.96. The van der Waals surface area contributed by atoms with E-state index in [-0.39, 0.29) is 11.7 Å². The third kappa shape index (κ3) is 2.84. The predicted octanol–water partition coefficient (Wildman–Crippen LogP) is 3.65. The molecule has 4 rings (SSSR count). The van der Waals surface area contributed by atoms with E-state index < -0.39 is 0 Å². The molecule has 0 unspecified atom stereocenters. The van der Waals surface area contributed by atoms with Gasteiger partial charge in [-0.2, -0.15) is 0 Å². The van der Waals surface area contributed by atoms with Gasteiger partial charge < -0.3 is 20.9 Å². The largest absolute Gasteiger partial charge is 0.457 e. The molecule has 0 aliphatic rings. The van der Waals surface area contributed by atoms with Crippen LogP contribution in [0, 0.1) is 10.8 Å². The SMILES string of the molecule is N=C(N)c1ccc2[nH]c(/C=C/c3cc4ccc(C(=N)N)cc4o3)cc2c1. The lowest BCUT2D eigenvalue weighted by Crippen LogP contribution is -2.10. The highest BCUT2D eigenvalue weighted by Crippen LogP contribution is 2.23. The molecular formula is C20H17N5O. The molecule has 4 aromatic rings. The highest BCUT2D eigenvalue weighted by molar-refractivity contribution is 5.99. The summed E-state index contributed by atoms with van der Waals surface area (Å²) in [6.07, 6.45) is 3.81. The second-order valence-corrected chi connectivity index (χ2v) is 6.09. The summed E-state index contributed by atoms with van der Waals surface area (Å²) in [6, 6.07) is 15.0. The number of rotatable bonds is 4. The highest BCUT2D eigenvalue weighted by atomic mass is 16.3. The standard InChI is InChI=1S/C20H17N5O/c21-19(22)12-3-6-17-14(7-12)8-15(25-17)4-5-16-9-11-1-2-13(20(23)24)10-18(11)26-16/h1-10,25H,(H3,21,22)(H3,23,24)/b5-4+. The minimum atomic E-state index is 0.0170. The molecule has 0 aliphatic carbocycles. The van der Waals surface area contributed by atoms with Gasteiger partial charge in [0.25, 0.3) is 0 Å². The van der Waals surface area contributed by atoms with Crippen molar-refractivity contribution in [3.05, 3.63) is 71.1 Å². The maximum Gasteiger partial charge on any atom is 0.135 e. The van der Waals surface area contributed by atoms with Crippen LogP contribution >= 0.6 is 0 Å². The van der Waals surface area contributed by atoms with Crippen LogP contribution in [0.25, 0.3) is 34.0 Å². The number of nitrogens with one attached hydrogen (secondary N) is 3. The summed E-state index contributed by atoms with van der Waals surface area (Å²) in [5.74, 6) is 0.782. The number of furan rings is 1. The molecule has 0 amide bonds. The minimum Gasteiger partial charge on any atom is -0.457 e. The Balaban J connectivity index is 1.65. The lowest BCUT2D eigenvalue weighted by molar-refractivity contribution is 0.604. The van der Waals surface area contributed by atoms with E-state index >= 15 is 0 Å². The normalized spacial score (nSPS) is 11.5. The van der Waals surface area contributed by atoms with E-state index in [2.05, 4.69) is 4.98 Å². The Morgan fingerprint density at radius 2 is 1.58 bits per heavy atom. The van der Waals surface area contributed by atoms with Crippen LogP contribution in [0.15, 0.2) is 52.9 Å². The molecule has 6 nitrogen and oxygen atoms in total. The molecule has 0 fully saturated rings. The summed E-state index contributed by atoms with van der Waals surface area (Å²) in [6.45, 7) is 0. The van der Waals surface area contributed by atoms with Crippen molar-refractivity contribution < 1.29 is 4.42 Å². The number of hydrogen-bond acceptors (Lipinski definition) is 3. The van der Waals surface area contributed by atoms with Gasteiger partial charge >= 0.3 is 0 Å². The van der Waals surface area contributed by atoms with Gasteiger partial charge in [0, 0.05) is 33.1 Å². The van der Waals surface area contributed by atoms with Crippen LogP contribution < -0.4 is 11.5 Å². The van der Waals surface area contributed by atoms with Crippen molar-refractivity contribution in [3.8, 4) is 0 Å². The Labute approximate surface area is 149 Å². The third-order valence-corrected chi connectivity index (χ3v) is 4.23. The fraction of sp³-hybridized carbons (Fsp3) is 0. The fourth-order valence-electron chi connectivity index (χ4n) is 2.89. The van der Waals surface area contributed by atoms with Gasteiger partial charge in [-0.1, -0.05) is 12.1 Å². The highest BCUT2D eigenvalue weighted by Gasteiger charge is 2.05. The van der Waals surface area contributed by atoms with Crippen molar-refractivity contribution in [2.24, 2.45) is 11.5 Å². The number of amidine groups is 2. The molecule has 2 aromatic heterocycles. The molecule has 7 N–H and O–H groups in total. The van der Waals surface area contributed by atoms with Crippen molar-refractivity contribution in [1.82, 2.24) is 4.98 Å². The van der Waals surface area contributed by atoms with Crippen molar-refractivity contribution in [3.63, 3.8) is 0 Å². The van der Waals surface area contributed by atoms with Crippen LogP contribution in [0.2, 0.25) is 0 Å². The molecule has 0 saturated carbocycles. The Bertz CT molecular complexity index is 1100. The van der Waals surface area contributed by atoms with Gasteiger partial charge in [0.05, 0.1) is 0 Å². The van der Waals surface area contributed by atoms with E-state index in [1.54, 1.807) is 12.1 Å². The first-order valence-corrected chi connectivity index (χ1v) is 8.03. The molecule has 2 heterocycles. The van der Waals surface area contributed by atoms with Crippen LogP contribution in [-0.4, -0.2) is 16.7 Å². The summed E-state index contributed by atoms with van der Waals surface area (Å²) >= 11 is 0. The number of H-pyrrole nitrogens is 1. The van der Waals surface area contributed by atoms with Crippen molar-refractivity contribution >= 4 is 45.7 Å². The second kappa shape index (κ2) is 5.93. The van der Waals surface area contributed by atoms with Crippen LogP contribution in [0.5, 0.6) is 0 Å². The molecular weight excluding hydrogens is 326 g/mol. The number of aromatic nitrogens is 1. The molecule has 0 atom stereocenters. The lowest BCUT2D eigenvalue weighted by atomic mass is 10.1. The average Bonchev–Trinajstić information content (AvgIpc) is 3.21. The fourth-order valence-corrected chi connectivity index (χ4v) is 2.89. The minimum absolute atomic E-state index is 0.0170. The zero-order valence-electron chi connectivity index (χ0n) is 13.8. The maximum atomic E-state index is 7.53. The number of benzene rings is 2. The van der Waals surface area contributed by atoms with Gasteiger partial charge in [0.2, 0.25) is 0 Å².